The molecule has 2 amide bonds. The Hall–Kier alpha value is -2.02. The molecule has 7 nitrogen and oxygen atoms in total. The highest BCUT2D eigenvalue weighted by molar-refractivity contribution is 5.90. The van der Waals surface area contributed by atoms with Crippen molar-refractivity contribution in [3.63, 3.8) is 0 Å². The van der Waals surface area contributed by atoms with Gasteiger partial charge in [0.15, 0.2) is 0 Å². The molecular weight excluding hydrogens is 262 g/mol. The first-order valence-corrected chi connectivity index (χ1v) is 6.29. The van der Waals surface area contributed by atoms with Crippen LogP contribution in [0.1, 0.15) is 21.9 Å². The molecule has 0 saturated carbocycles. The first kappa shape index (κ1) is 16.0. The highest BCUT2D eigenvalue weighted by Gasteiger charge is 2.14. The summed E-state index contributed by atoms with van der Waals surface area (Å²) < 4.78 is 10.1. The van der Waals surface area contributed by atoms with Crippen molar-refractivity contribution < 1.29 is 18.7 Å². The Morgan fingerprint density at radius 2 is 2.05 bits per heavy atom. The number of nitrogens with zero attached hydrogens (tertiary/aromatic N) is 1. The van der Waals surface area contributed by atoms with Crippen LogP contribution in [0.25, 0.3) is 0 Å². The number of urea groups is 1. The molecule has 0 fully saturated rings. The summed E-state index contributed by atoms with van der Waals surface area (Å²) >= 11 is 0. The van der Waals surface area contributed by atoms with Crippen molar-refractivity contribution in [2.24, 2.45) is 0 Å². The van der Waals surface area contributed by atoms with Gasteiger partial charge in [0.1, 0.15) is 17.1 Å². The smallest absolute Gasteiger partial charge is 0.341 e. The predicted octanol–water partition coefficient (Wildman–Crippen LogP) is 0.735. The maximum Gasteiger partial charge on any atom is 0.341 e. The quantitative estimate of drug-likeness (QED) is 0.594. The average molecular weight is 283 g/mol. The lowest BCUT2D eigenvalue weighted by molar-refractivity contribution is 0.0599. The van der Waals surface area contributed by atoms with Crippen LogP contribution in [0, 0.1) is 6.92 Å². The van der Waals surface area contributed by atoms with Gasteiger partial charge < -0.3 is 24.7 Å². The van der Waals surface area contributed by atoms with Crippen molar-refractivity contribution in [2.75, 3.05) is 34.3 Å². The first-order valence-electron chi connectivity index (χ1n) is 6.29. The van der Waals surface area contributed by atoms with Crippen LogP contribution in [-0.4, -0.2) is 51.2 Å². The van der Waals surface area contributed by atoms with Gasteiger partial charge in [0.25, 0.3) is 0 Å². The molecule has 1 aromatic rings. The van der Waals surface area contributed by atoms with E-state index in [1.54, 1.807) is 27.1 Å². The molecule has 0 aromatic carbocycles. The van der Waals surface area contributed by atoms with E-state index in [4.69, 9.17) is 4.42 Å². The Morgan fingerprint density at radius 1 is 1.35 bits per heavy atom. The second-order valence-corrected chi connectivity index (χ2v) is 4.48. The molecule has 0 radical (unpaired) electrons. The van der Waals surface area contributed by atoms with Crippen LogP contribution < -0.4 is 10.6 Å². The Morgan fingerprint density at radius 3 is 2.65 bits per heavy atom. The van der Waals surface area contributed by atoms with Gasteiger partial charge >= 0.3 is 12.0 Å². The van der Waals surface area contributed by atoms with E-state index in [0.29, 0.717) is 36.7 Å². The van der Waals surface area contributed by atoms with Crippen LogP contribution in [0.4, 0.5) is 4.79 Å². The zero-order valence-electron chi connectivity index (χ0n) is 12.3. The monoisotopic (exact) mass is 283 g/mol. The topological polar surface area (TPSA) is 83.8 Å². The number of aryl methyl sites for hydroxylation is 1. The van der Waals surface area contributed by atoms with Crippen LogP contribution >= 0.6 is 0 Å². The Bertz CT molecular complexity index is 468. The molecule has 1 aromatic heterocycles. The van der Waals surface area contributed by atoms with E-state index < -0.39 is 5.97 Å². The molecule has 1 heterocycles. The second kappa shape index (κ2) is 7.54. The molecule has 112 valence electrons. The van der Waals surface area contributed by atoms with Crippen molar-refractivity contribution in [1.29, 1.82) is 0 Å². The third-order valence-electron chi connectivity index (χ3n) is 2.66. The Balaban J connectivity index is 2.33. The van der Waals surface area contributed by atoms with Gasteiger partial charge in [0.05, 0.1) is 13.7 Å². The number of carbonyl (C=O) groups excluding carboxylic acids is 2. The minimum atomic E-state index is -0.407. The van der Waals surface area contributed by atoms with Gasteiger partial charge in [-0.2, -0.15) is 0 Å². The largest absolute Gasteiger partial charge is 0.465 e. The van der Waals surface area contributed by atoms with E-state index in [1.807, 2.05) is 0 Å². The van der Waals surface area contributed by atoms with E-state index >= 15 is 0 Å². The number of ether oxygens (including phenoxy) is 1. The average Bonchev–Trinajstić information content (AvgIpc) is 2.78. The number of furan rings is 1. The number of carbonyl (C=O) groups is 2. The van der Waals surface area contributed by atoms with Gasteiger partial charge in [-0.15, -0.1) is 0 Å². The Labute approximate surface area is 118 Å². The zero-order valence-corrected chi connectivity index (χ0v) is 12.3. The normalized spacial score (nSPS) is 10.2. The van der Waals surface area contributed by atoms with Gasteiger partial charge in [0, 0.05) is 27.2 Å². The fourth-order valence-corrected chi connectivity index (χ4v) is 1.57. The maximum atomic E-state index is 11.4. The van der Waals surface area contributed by atoms with Gasteiger partial charge in [-0.05, 0) is 13.0 Å². The molecule has 7 heteroatoms. The number of amides is 2. The number of hydrogen-bond donors (Lipinski definition) is 2. The molecule has 1 rings (SSSR count). The number of rotatable bonds is 6. The van der Waals surface area contributed by atoms with Crippen molar-refractivity contribution in [2.45, 2.75) is 13.5 Å². The molecule has 0 spiro atoms. The van der Waals surface area contributed by atoms with E-state index in [0.717, 1.165) is 0 Å². The molecule has 0 atom stereocenters. The summed E-state index contributed by atoms with van der Waals surface area (Å²) in [6, 6.07) is 1.53. The minimum Gasteiger partial charge on any atom is -0.465 e. The fraction of sp³-hybridized carbons (Fsp3) is 0.538. The first-order chi connectivity index (χ1) is 9.45. The highest BCUT2D eigenvalue weighted by Crippen LogP contribution is 2.15. The summed E-state index contributed by atoms with van der Waals surface area (Å²) in [6.07, 6.45) is 0. The lowest BCUT2D eigenvalue weighted by Gasteiger charge is -2.11. The van der Waals surface area contributed by atoms with Crippen molar-refractivity contribution in [3.8, 4) is 0 Å². The van der Waals surface area contributed by atoms with E-state index in [2.05, 4.69) is 15.4 Å². The summed E-state index contributed by atoms with van der Waals surface area (Å²) in [6.45, 7) is 3.32. The number of hydrogen-bond acceptors (Lipinski definition) is 5. The molecule has 0 aliphatic carbocycles. The summed E-state index contributed by atoms with van der Waals surface area (Å²) in [5.74, 6) is 0.784. The van der Waals surface area contributed by atoms with E-state index in [9.17, 15) is 9.59 Å². The molecule has 0 unspecified atom stereocenters. The summed E-state index contributed by atoms with van der Waals surface area (Å²) in [4.78, 5) is 24.1. The SMILES string of the molecule is COC(=O)c1cc(CNCCNC(=O)N(C)C)oc1C. The fourth-order valence-electron chi connectivity index (χ4n) is 1.57. The van der Waals surface area contributed by atoms with Gasteiger partial charge in [0.2, 0.25) is 0 Å². The third kappa shape index (κ3) is 4.58. The third-order valence-corrected chi connectivity index (χ3v) is 2.66. The van der Waals surface area contributed by atoms with Gasteiger partial charge in [-0.25, -0.2) is 9.59 Å². The molecule has 20 heavy (non-hydrogen) atoms. The second-order valence-electron chi connectivity index (χ2n) is 4.48. The van der Waals surface area contributed by atoms with Crippen LogP contribution in [0.5, 0.6) is 0 Å². The molecule has 2 N–H and O–H groups in total. The van der Waals surface area contributed by atoms with Crippen LogP contribution in [-0.2, 0) is 11.3 Å². The molecular formula is C13H21N3O4. The number of esters is 1. The summed E-state index contributed by atoms with van der Waals surface area (Å²) in [5.41, 5.74) is 0.435. The van der Waals surface area contributed by atoms with Gasteiger partial charge in [-0.3, -0.25) is 0 Å². The molecule has 0 saturated heterocycles. The van der Waals surface area contributed by atoms with E-state index in [-0.39, 0.29) is 6.03 Å². The summed E-state index contributed by atoms with van der Waals surface area (Å²) in [5, 5.41) is 5.85. The Kier molecular flexibility index (Phi) is 6.05. The van der Waals surface area contributed by atoms with Crippen LogP contribution in [0.15, 0.2) is 10.5 Å². The van der Waals surface area contributed by atoms with Crippen molar-refractivity contribution in [1.82, 2.24) is 15.5 Å². The summed E-state index contributed by atoms with van der Waals surface area (Å²) in [7, 11) is 4.70. The van der Waals surface area contributed by atoms with Gasteiger partial charge in [-0.1, -0.05) is 0 Å². The lowest BCUT2D eigenvalue weighted by atomic mass is 10.2. The van der Waals surface area contributed by atoms with E-state index in [1.165, 1.54) is 12.0 Å². The van der Waals surface area contributed by atoms with Crippen LogP contribution in [0.2, 0.25) is 0 Å². The molecule has 0 aliphatic rings. The minimum absolute atomic E-state index is 0.131. The lowest BCUT2D eigenvalue weighted by Crippen LogP contribution is -2.38. The standard InChI is InChI=1S/C13H21N3O4/c1-9-11(12(17)19-4)7-10(20-9)8-14-5-6-15-13(18)16(2)3/h7,14H,5-6,8H2,1-4H3,(H,15,18). The van der Waals surface area contributed by atoms with Crippen LogP contribution in [0.3, 0.4) is 0 Å². The number of nitrogens with one attached hydrogen (secondary N) is 2. The van der Waals surface area contributed by atoms with Crippen molar-refractivity contribution >= 4 is 12.0 Å². The van der Waals surface area contributed by atoms with Crippen molar-refractivity contribution in [3.05, 3.63) is 23.2 Å². The molecule has 0 aliphatic heterocycles. The maximum absolute atomic E-state index is 11.4. The zero-order chi connectivity index (χ0) is 15.1. The predicted molar refractivity (Wildman–Crippen MR) is 73.6 cm³/mol. The molecule has 0 bridgehead atoms. The highest BCUT2D eigenvalue weighted by atomic mass is 16.5. The number of methoxy groups -OCH3 is 1.